The van der Waals surface area contributed by atoms with E-state index in [1.807, 2.05) is 29.2 Å². The number of halogens is 2. The van der Waals surface area contributed by atoms with Gasteiger partial charge in [0.15, 0.2) is 0 Å². The standard InChI is InChI=1S/C19H24N4O.2ClH/c24-18(17-12-19(17)7-10-20-11-8-19)23(14-16-6-9-21-22-16)13-15-4-2-1-3-5-15;;/h1-6,9,17,20H,7-8,10-14H2,(H,21,22);2*1H. The molecule has 1 saturated carbocycles. The van der Waals surface area contributed by atoms with Crippen molar-refractivity contribution in [3.05, 3.63) is 53.9 Å². The van der Waals surface area contributed by atoms with Crippen LogP contribution in [0.2, 0.25) is 0 Å². The van der Waals surface area contributed by atoms with Gasteiger partial charge in [0.2, 0.25) is 5.91 Å². The normalized spacial score (nSPS) is 19.9. The summed E-state index contributed by atoms with van der Waals surface area (Å²) < 4.78 is 0. The van der Waals surface area contributed by atoms with Crippen LogP contribution < -0.4 is 5.32 Å². The lowest BCUT2D eigenvalue weighted by Gasteiger charge is -2.27. The van der Waals surface area contributed by atoms with E-state index < -0.39 is 0 Å². The van der Waals surface area contributed by atoms with Gasteiger partial charge < -0.3 is 10.2 Å². The van der Waals surface area contributed by atoms with Crippen molar-refractivity contribution in [3.63, 3.8) is 0 Å². The van der Waals surface area contributed by atoms with Crippen molar-refractivity contribution in [2.45, 2.75) is 32.4 Å². The SMILES string of the molecule is Cl.Cl.O=C(C1CC12CCNCC2)N(Cc1ccccc1)Cc1ccn[nH]1. The van der Waals surface area contributed by atoms with E-state index in [2.05, 4.69) is 27.6 Å². The molecule has 26 heavy (non-hydrogen) atoms. The fourth-order valence-corrected chi connectivity index (χ4v) is 3.99. The molecule has 1 aliphatic heterocycles. The third-order valence-electron chi connectivity index (χ3n) is 5.53. The maximum Gasteiger partial charge on any atom is 0.226 e. The van der Waals surface area contributed by atoms with Gasteiger partial charge in [-0.1, -0.05) is 30.3 Å². The number of hydrogen-bond acceptors (Lipinski definition) is 3. The molecular weight excluding hydrogens is 371 g/mol. The molecule has 1 amide bonds. The number of H-pyrrole nitrogens is 1. The van der Waals surface area contributed by atoms with Crippen molar-refractivity contribution in [1.82, 2.24) is 20.4 Å². The van der Waals surface area contributed by atoms with Crippen LogP contribution in [0, 0.1) is 11.3 Å². The van der Waals surface area contributed by atoms with E-state index in [1.54, 1.807) is 6.20 Å². The molecule has 2 N–H and O–H groups in total. The number of rotatable bonds is 5. The predicted octanol–water partition coefficient (Wildman–Crippen LogP) is 3.17. The van der Waals surface area contributed by atoms with E-state index in [0.29, 0.717) is 19.0 Å². The van der Waals surface area contributed by atoms with Crippen molar-refractivity contribution in [1.29, 1.82) is 0 Å². The number of piperidine rings is 1. The van der Waals surface area contributed by atoms with E-state index in [1.165, 1.54) is 5.56 Å². The first-order valence-electron chi connectivity index (χ1n) is 8.79. The number of carbonyl (C=O) groups is 1. The summed E-state index contributed by atoms with van der Waals surface area (Å²) in [6, 6.07) is 12.2. The molecule has 1 unspecified atom stereocenters. The Morgan fingerprint density at radius 2 is 1.85 bits per heavy atom. The highest BCUT2D eigenvalue weighted by atomic mass is 35.5. The van der Waals surface area contributed by atoms with Crippen LogP contribution >= 0.6 is 24.8 Å². The number of benzene rings is 1. The first-order chi connectivity index (χ1) is 11.8. The maximum atomic E-state index is 13.2. The van der Waals surface area contributed by atoms with E-state index >= 15 is 0 Å². The highest BCUT2D eigenvalue weighted by Gasteiger charge is 2.58. The smallest absolute Gasteiger partial charge is 0.226 e. The number of aromatic amines is 1. The predicted molar refractivity (Wildman–Crippen MR) is 106 cm³/mol. The zero-order valence-corrected chi connectivity index (χ0v) is 16.3. The summed E-state index contributed by atoms with van der Waals surface area (Å²) in [7, 11) is 0. The molecule has 1 aromatic carbocycles. The number of aromatic nitrogens is 2. The molecule has 142 valence electrons. The molecule has 1 aromatic heterocycles. The Morgan fingerprint density at radius 1 is 1.12 bits per heavy atom. The number of nitrogens with one attached hydrogen (secondary N) is 2. The molecule has 2 fully saturated rings. The third kappa shape index (κ3) is 4.40. The Bertz CT molecular complexity index is 687. The molecule has 1 saturated heterocycles. The second-order valence-corrected chi connectivity index (χ2v) is 7.13. The molecule has 2 aliphatic rings. The molecule has 7 heteroatoms. The van der Waals surface area contributed by atoms with Crippen LogP contribution in [0.25, 0.3) is 0 Å². The van der Waals surface area contributed by atoms with Crippen molar-refractivity contribution in [2.24, 2.45) is 11.3 Å². The summed E-state index contributed by atoms with van der Waals surface area (Å²) in [5.41, 5.74) is 2.43. The lowest BCUT2D eigenvalue weighted by atomic mass is 9.91. The quantitative estimate of drug-likeness (QED) is 0.815. The van der Waals surface area contributed by atoms with E-state index in [9.17, 15) is 4.79 Å². The van der Waals surface area contributed by atoms with Gasteiger partial charge in [-0.3, -0.25) is 9.89 Å². The van der Waals surface area contributed by atoms with Crippen LogP contribution in [0.15, 0.2) is 42.6 Å². The summed E-state index contributed by atoms with van der Waals surface area (Å²) in [6.45, 7) is 3.34. The summed E-state index contributed by atoms with van der Waals surface area (Å²) in [5.74, 6) is 0.501. The van der Waals surface area contributed by atoms with E-state index in [-0.39, 0.29) is 36.1 Å². The fraction of sp³-hybridized carbons (Fsp3) is 0.474. The van der Waals surface area contributed by atoms with Crippen molar-refractivity contribution < 1.29 is 4.79 Å². The van der Waals surface area contributed by atoms with Crippen LogP contribution in [0.4, 0.5) is 0 Å². The summed E-state index contributed by atoms with van der Waals surface area (Å²) in [5, 5.41) is 10.4. The second-order valence-electron chi connectivity index (χ2n) is 7.13. The van der Waals surface area contributed by atoms with Gasteiger partial charge in [-0.15, -0.1) is 24.8 Å². The Balaban J connectivity index is 0.00000121. The molecule has 2 heterocycles. The molecule has 0 bridgehead atoms. The molecule has 0 radical (unpaired) electrons. The lowest BCUT2D eigenvalue weighted by Crippen LogP contribution is -2.36. The molecule has 1 atom stereocenters. The van der Waals surface area contributed by atoms with E-state index in [4.69, 9.17) is 0 Å². The summed E-state index contributed by atoms with van der Waals surface area (Å²) in [6.07, 6.45) is 5.06. The lowest BCUT2D eigenvalue weighted by molar-refractivity contribution is -0.135. The van der Waals surface area contributed by atoms with Crippen molar-refractivity contribution >= 4 is 30.7 Å². The Hall–Kier alpha value is -1.56. The Morgan fingerprint density at radius 3 is 2.50 bits per heavy atom. The topological polar surface area (TPSA) is 61.0 Å². The number of hydrogen-bond donors (Lipinski definition) is 2. The number of nitrogens with zero attached hydrogens (tertiary/aromatic N) is 2. The van der Waals surface area contributed by atoms with Gasteiger partial charge in [-0.05, 0) is 49.4 Å². The van der Waals surface area contributed by atoms with E-state index in [0.717, 1.165) is 38.0 Å². The maximum absolute atomic E-state index is 13.2. The highest BCUT2D eigenvalue weighted by Crippen LogP contribution is 2.59. The molecule has 4 rings (SSSR count). The van der Waals surface area contributed by atoms with Crippen LogP contribution in [-0.4, -0.2) is 34.1 Å². The molecule has 1 aliphatic carbocycles. The van der Waals surface area contributed by atoms with Gasteiger partial charge >= 0.3 is 0 Å². The summed E-state index contributed by atoms with van der Waals surface area (Å²) in [4.78, 5) is 15.2. The summed E-state index contributed by atoms with van der Waals surface area (Å²) >= 11 is 0. The third-order valence-corrected chi connectivity index (χ3v) is 5.53. The van der Waals surface area contributed by atoms with Crippen molar-refractivity contribution in [2.75, 3.05) is 13.1 Å². The first-order valence-corrected chi connectivity index (χ1v) is 8.79. The highest BCUT2D eigenvalue weighted by molar-refractivity contribution is 5.85. The first kappa shape index (κ1) is 20.7. The molecule has 5 nitrogen and oxygen atoms in total. The van der Waals surface area contributed by atoms with Crippen molar-refractivity contribution in [3.8, 4) is 0 Å². The molecule has 1 spiro atoms. The van der Waals surface area contributed by atoms with Gasteiger partial charge in [0.25, 0.3) is 0 Å². The largest absolute Gasteiger partial charge is 0.332 e. The van der Waals surface area contributed by atoms with Gasteiger partial charge in [0.1, 0.15) is 0 Å². The minimum Gasteiger partial charge on any atom is -0.332 e. The molecular formula is C19H26Cl2N4O. The number of carbonyl (C=O) groups excluding carboxylic acids is 1. The Kier molecular flexibility index (Phi) is 7.09. The van der Waals surface area contributed by atoms with Crippen LogP contribution in [-0.2, 0) is 17.9 Å². The molecule has 2 aromatic rings. The van der Waals surface area contributed by atoms with Crippen LogP contribution in [0.5, 0.6) is 0 Å². The van der Waals surface area contributed by atoms with Gasteiger partial charge in [-0.2, -0.15) is 5.10 Å². The van der Waals surface area contributed by atoms with Gasteiger partial charge in [0, 0.05) is 18.7 Å². The average Bonchev–Trinajstić information content (AvgIpc) is 3.05. The zero-order valence-electron chi connectivity index (χ0n) is 14.7. The Labute approximate surface area is 166 Å². The average molecular weight is 397 g/mol. The van der Waals surface area contributed by atoms with Crippen LogP contribution in [0.3, 0.4) is 0 Å². The zero-order chi connectivity index (χ0) is 16.4. The van der Waals surface area contributed by atoms with Gasteiger partial charge in [0.05, 0.1) is 12.2 Å². The minimum atomic E-state index is 0. The fourth-order valence-electron chi connectivity index (χ4n) is 3.99. The number of amides is 1. The second kappa shape index (κ2) is 8.89. The van der Waals surface area contributed by atoms with Crippen LogP contribution in [0.1, 0.15) is 30.5 Å². The van der Waals surface area contributed by atoms with Gasteiger partial charge in [-0.25, -0.2) is 0 Å². The minimum absolute atomic E-state index is 0. The monoisotopic (exact) mass is 396 g/mol.